The molecule has 0 aliphatic rings. The van der Waals surface area contributed by atoms with Gasteiger partial charge in [-0.05, 0) is 46.5 Å². The maximum Gasteiger partial charge on any atom is 0.303 e. The summed E-state index contributed by atoms with van der Waals surface area (Å²) in [5.41, 5.74) is 0.907. The molecule has 4 nitrogen and oxygen atoms in total. The molecule has 0 saturated heterocycles. The van der Waals surface area contributed by atoms with E-state index in [4.69, 9.17) is 14.6 Å². The molecule has 1 aromatic carbocycles. The van der Waals surface area contributed by atoms with Crippen molar-refractivity contribution in [1.82, 2.24) is 0 Å². The number of aliphatic carboxylic acids is 1. The number of ether oxygens (including phenoxy) is 2. The molecule has 5 heteroatoms. The number of halogens is 1. The van der Waals surface area contributed by atoms with Gasteiger partial charge in [0.2, 0.25) is 0 Å². The third kappa shape index (κ3) is 4.22. The fourth-order valence-electron chi connectivity index (χ4n) is 1.51. The topological polar surface area (TPSA) is 55.8 Å². The third-order valence-corrected chi connectivity index (χ3v) is 2.96. The standard InChI is InChI=1S/C13H17BrO4/c1-3-6-18-13-10(14)7-9(4-5-12(15)16)8-11(13)17-2/h7-8H,3-6H2,1-2H3,(H,15,16). The van der Waals surface area contributed by atoms with Gasteiger partial charge in [0.25, 0.3) is 0 Å². The summed E-state index contributed by atoms with van der Waals surface area (Å²) in [5, 5.41) is 8.67. The molecular weight excluding hydrogens is 300 g/mol. The first-order valence-corrected chi connectivity index (χ1v) is 6.58. The van der Waals surface area contributed by atoms with Crippen LogP contribution in [0.5, 0.6) is 11.5 Å². The lowest BCUT2D eigenvalue weighted by Gasteiger charge is -2.13. The number of hydrogen-bond acceptors (Lipinski definition) is 3. The molecule has 0 bridgehead atoms. The van der Waals surface area contributed by atoms with Crippen LogP contribution in [-0.4, -0.2) is 24.8 Å². The molecule has 0 aliphatic heterocycles. The molecule has 18 heavy (non-hydrogen) atoms. The Hall–Kier alpha value is -1.23. The van der Waals surface area contributed by atoms with Crippen LogP contribution in [-0.2, 0) is 11.2 Å². The summed E-state index contributed by atoms with van der Waals surface area (Å²) in [7, 11) is 1.57. The monoisotopic (exact) mass is 316 g/mol. The molecule has 0 aromatic heterocycles. The lowest BCUT2D eigenvalue weighted by atomic mass is 10.1. The van der Waals surface area contributed by atoms with Crippen LogP contribution in [0.4, 0.5) is 0 Å². The van der Waals surface area contributed by atoms with Gasteiger partial charge in [-0.2, -0.15) is 0 Å². The maximum absolute atomic E-state index is 10.6. The zero-order valence-electron chi connectivity index (χ0n) is 10.5. The fourth-order valence-corrected chi connectivity index (χ4v) is 2.12. The number of aryl methyl sites for hydroxylation is 1. The van der Waals surface area contributed by atoms with Crippen molar-refractivity contribution in [1.29, 1.82) is 0 Å². The molecule has 0 heterocycles. The second kappa shape index (κ2) is 7.26. The zero-order chi connectivity index (χ0) is 13.5. The summed E-state index contributed by atoms with van der Waals surface area (Å²) in [6.07, 6.45) is 1.49. The van der Waals surface area contributed by atoms with Gasteiger partial charge in [0, 0.05) is 6.42 Å². The lowest BCUT2D eigenvalue weighted by Crippen LogP contribution is -2.01. The van der Waals surface area contributed by atoms with Crippen LogP contribution >= 0.6 is 15.9 Å². The number of rotatable bonds is 7. The van der Waals surface area contributed by atoms with Crippen molar-refractivity contribution in [3.63, 3.8) is 0 Å². The van der Waals surface area contributed by atoms with E-state index in [0.717, 1.165) is 16.5 Å². The van der Waals surface area contributed by atoms with Crippen LogP contribution in [0.3, 0.4) is 0 Å². The number of carbonyl (C=O) groups is 1. The van der Waals surface area contributed by atoms with Gasteiger partial charge < -0.3 is 14.6 Å². The van der Waals surface area contributed by atoms with Crippen molar-refractivity contribution in [2.75, 3.05) is 13.7 Å². The molecule has 0 atom stereocenters. The molecule has 1 N–H and O–H groups in total. The van der Waals surface area contributed by atoms with Crippen LogP contribution in [0.25, 0.3) is 0 Å². The highest BCUT2D eigenvalue weighted by atomic mass is 79.9. The average Bonchev–Trinajstić information content (AvgIpc) is 2.34. The summed E-state index contributed by atoms with van der Waals surface area (Å²) in [4.78, 5) is 10.6. The van der Waals surface area contributed by atoms with E-state index in [1.807, 2.05) is 19.1 Å². The third-order valence-electron chi connectivity index (χ3n) is 2.37. The highest BCUT2D eigenvalue weighted by molar-refractivity contribution is 9.10. The van der Waals surface area contributed by atoms with E-state index in [-0.39, 0.29) is 6.42 Å². The first-order valence-electron chi connectivity index (χ1n) is 5.79. The molecule has 0 aliphatic carbocycles. The lowest BCUT2D eigenvalue weighted by molar-refractivity contribution is -0.136. The molecule has 0 fully saturated rings. The van der Waals surface area contributed by atoms with E-state index in [1.165, 1.54) is 0 Å². The Kier molecular flexibility index (Phi) is 5.98. The van der Waals surface area contributed by atoms with E-state index in [2.05, 4.69) is 15.9 Å². The van der Waals surface area contributed by atoms with E-state index < -0.39 is 5.97 Å². The van der Waals surface area contributed by atoms with Crippen molar-refractivity contribution < 1.29 is 19.4 Å². The Labute approximate surface area is 115 Å². The fraction of sp³-hybridized carbons (Fsp3) is 0.462. The number of benzene rings is 1. The van der Waals surface area contributed by atoms with Crippen LogP contribution in [0.15, 0.2) is 16.6 Å². The van der Waals surface area contributed by atoms with Gasteiger partial charge in [0.1, 0.15) is 0 Å². The van der Waals surface area contributed by atoms with Gasteiger partial charge >= 0.3 is 5.97 Å². The van der Waals surface area contributed by atoms with Gasteiger partial charge in [-0.15, -0.1) is 0 Å². The number of hydrogen-bond donors (Lipinski definition) is 1. The van der Waals surface area contributed by atoms with Crippen molar-refractivity contribution in [3.05, 3.63) is 22.2 Å². The second-order valence-electron chi connectivity index (χ2n) is 3.85. The molecule has 1 rings (SSSR count). The predicted octanol–water partition coefficient (Wildman–Crippen LogP) is 3.26. The van der Waals surface area contributed by atoms with Crippen LogP contribution in [0.1, 0.15) is 25.3 Å². The summed E-state index contributed by atoms with van der Waals surface area (Å²) in [6, 6.07) is 3.69. The molecule has 0 unspecified atom stereocenters. The second-order valence-corrected chi connectivity index (χ2v) is 4.71. The van der Waals surface area contributed by atoms with Crippen molar-refractivity contribution in [2.24, 2.45) is 0 Å². The van der Waals surface area contributed by atoms with Crippen molar-refractivity contribution in [3.8, 4) is 11.5 Å². The molecule has 1 aromatic rings. The van der Waals surface area contributed by atoms with E-state index in [1.54, 1.807) is 7.11 Å². The van der Waals surface area contributed by atoms with Crippen molar-refractivity contribution >= 4 is 21.9 Å². The van der Waals surface area contributed by atoms with Crippen LogP contribution in [0.2, 0.25) is 0 Å². The molecule has 0 spiro atoms. The van der Waals surface area contributed by atoms with Gasteiger partial charge in [0.05, 0.1) is 18.2 Å². The highest BCUT2D eigenvalue weighted by Gasteiger charge is 2.12. The molecule has 0 amide bonds. The number of carboxylic acid groups (broad SMARTS) is 1. The largest absolute Gasteiger partial charge is 0.493 e. The predicted molar refractivity (Wildman–Crippen MR) is 72.4 cm³/mol. The maximum atomic E-state index is 10.6. The Morgan fingerprint density at radius 3 is 2.72 bits per heavy atom. The van der Waals surface area contributed by atoms with E-state index in [9.17, 15) is 4.79 Å². The zero-order valence-corrected chi connectivity index (χ0v) is 12.1. The Morgan fingerprint density at radius 2 is 2.17 bits per heavy atom. The summed E-state index contributed by atoms with van der Waals surface area (Å²) in [6.45, 7) is 2.64. The normalized spacial score (nSPS) is 10.2. The van der Waals surface area contributed by atoms with Crippen LogP contribution in [0, 0.1) is 0 Å². The average molecular weight is 317 g/mol. The SMILES string of the molecule is CCCOc1c(Br)cc(CCC(=O)O)cc1OC. The first kappa shape index (κ1) is 14.8. The minimum absolute atomic E-state index is 0.102. The minimum Gasteiger partial charge on any atom is -0.493 e. The summed E-state index contributed by atoms with van der Waals surface area (Å²) < 4.78 is 11.7. The smallest absolute Gasteiger partial charge is 0.303 e. The van der Waals surface area contributed by atoms with Crippen molar-refractivity contribution in [2.45, 2.75) is 26.2 Å². The van der Waals surface area contributed by atoms with E-state index in [0.29, 0.717) is 24.5 Å². The Balaban J connectivity index is 2.91. The highest BCUT2D eigenvalue weighted by Crippen LogP contribution is 2.37. The van der Waals surface area contributed by atoms with E-state index >= 15 is 0 Å². The summed E-state index contributed by atoms with van der Waals surface area (Å²) >= 11 is 3.42. The Morgan fingerprint density at radius 1 is 1.44 bits per heavy atom. The summed E-state index contributed by atoms with van der Waals surface area (Å²) in [5.74, 6) is 0.480. The molecule has 100 valence electrons. The quantitative estimate of drug-likeness (QED) is 0.838. The minimum atomic E-state index is -0.809. The van der Waals surface area contributed by atoms with Gasteiger partial charge in [0.15, 0.2) is 11.5 Å². The van der Waals surface area contributed by atoms with Gasteiger partial charge in [-0.3, -0.25) is 4.79 Å². The van der Waals surface area contributed by atoms with Gasteiger partial charge in [-0.25, -0.2) is 0 Å². The van der Waals surface area contributed by atoms with Crippen LogP contribution < -0.4 is 9.47 Å². The molecule has 0 saturated carbocycles. The number of carboxylic acids is 1. The molecule has 0 radical (unpaired) electrons. The first-order chi connectivity index (χ1) is 8.58. The number of methoxy groups -OCH3 is 1. The van der Waals surface area contributed by atoms with Gasteiger partial charge in [-0.1, -0.05) is 6.92 Å². The Bertz CT molecular complexity index is 418. The molecular formula is C13H17BrO4.